The molecule has 1 aliphatic heterocycles. The Labute approximate surface area is 392 Å². The Morgan fingerprint density at radius 3 is 1.79 bits per heavy atom. The standard InChI is InChI=1S/C53H61N5O9/c1-38(64-34-40-17-6-2-7-18-40)48(52(62)66-36-42-21-10-4-11-22-42)56-49(59)46(25-14-15-31-54)58(53(63)67-37-43-23-12-5-13-24-43)51(61)47-26-16-32-57(47)50(60)45(55)33-39-27-29-44(30-28-39)65-35-41-19-8-3-9-20-41/h2-13,17-24,27-30,38,45-48H,14-16,25-26,31-37,54-55H2,1H3,(H,56,59)/t38-,45+,46+,47+,48+/m1/s1. The molecular weight excluding hydrogens is 851 g/mol. The van der Waals surface area contributed by atoms with Crippen LogP contribution in [0.2, 0.25) is 0 Å². The van der Waals surface area contributed by atoms with Gasteiger partial charge in [0.05, 0.1) is 18.8 Å². The highest BCUT2D eigenvalue weighted by molar-refractivity contribution is 6.02. The van der Waals surface area contributed by atoms with Gasteiger partial charge in [0.1, 0.15) is 37.7 Å². The van der Waals surface area contributed by atoms with E-state index in [0.29, 0.717) is 37.2 Å². The minimum Gasteiger partial charge on any atom is -0.489 e. The molecule has 1 heterocycles. The van der Waals surface area contributed by atoms with Crippen LogP contribution in [0.3, 0.4) is 0 Å². The molecule has 14 nitrogen and oxygen atoms in total. The summed E-state index contributed by atoms with van der Waals surface area (Å²) in [6.45, 7) is 2.38. The molecule has 0 unspecified atom stereocenters. The number of imide groups is 1. The molecule has 1 saturated heterocycles. The van der Waals surface area contributed by atoms with Gasteiger partial charge in [-0.05, 0) is 91.9 Å². The second kappa shape index (κ2) is 25.7. The van der Waals surface area contributed by atoms with Crippen molar-refractivity contribution in [1.29, 1.82) is 0 Å². The van der Waals surface area contributed by atoms with E-state index >= 15 is 4.79 Å². The molecule has 6 rings (SSSR count). The number of nitrogens with zero attached hydrogens (tertiary/aromatic N) is 2. The Hall–Kier alpha value is -6.87. The molecule has 0 radical (unpaired) electrons. The third kappa shape index (κ3) is 14.8. The highest BCUT2D eigenvalue weighted by Crippen LogP contribution is 2.25. The SMILES string of the molecule is C[C@@H](OCc1ccccc1)[C@H](NC(=O)[C@H](CCCCN)N(C(=O)OCc1ccccc1)C(=O)[C@@H]1CCCN1C(=O)[C@@H](N)Cc1ccc(OCc2ccccc2)cc1)C(=O)OCc1ccccc1. The molecule has 5 atom stereocenters. The lowest BCUT2D eigenvalue weighted by Gasteiger charge is -2.35. The third-order valence-corrected chi connectivity index (χ3v) is 11.6. The van der Waals surface area contributed by atoms with Crippen molar-refractivity contribution in [3.63, 3.8) is 0 Å². The number of rotatable bonds is 23. The van der Waals surface area contributed by atoms with E-state index in [1.165, 1.54) is 4.90 Å². The van der Waals surface area contributed by atoms with Crippen molar-refractivity contribution in [3.05, 3.63) is 173 Å². The van der Waals surface area contributed by atoms with Gasteiger partial charge in [0.2, 0.25) is 11.8 Å². The Kier molecular flexibility index (Phi) is 19.0. The fraction of sp³-hybridized carbons (Fsp3) is 0.340. The minimum absolute atomic E-state index is 0.0223. The zero-order valence-electron chi connectivity index (χ0n) is 38.0. The summed E-state index contributed by atoms with van der Waals surface area (Å²) in [6.07, 6.45) is -0.395. The first-order chi connectivity index (χ1) is 32.6. The van der Waals surface area contributed by atoms with Gasteiger partial charge in [-0.1, -0.05) is 133 Å². The summed E-state index contributed by atoms with van der Waals surface area (Å²) in [4.78, 5) is 74.5. The Morgan fingerprint density at radius 1 is 0.687 bits per heavy atom. The largest absolute Gasteiger partial charge is 0.489 e. The maximum atomic E-state index is 15.0. The van der Waals surface area contributed by atoms with Crippen LogP contribution in [0.1, 0.15) is 66.8 Å². The van der Waals surface area contributed by atoms with Gasteiger partial charge >= 0.3 is 12.1 Å². The summed E-state index contributed by atoms with van der Waals surface area (Å²) in [5.41, 5.74) is 16.5. The quantitative estimate of drug-likeness (QED) is 0.0471. The lowest BCUT2D eigenvalue weighted by atomic mass is 10.0. The zero-order chi connectivity index (χ0) is 47.4. The van der Waals surface area contributed by atoms with Gasteiger partial charge in [0.15, 0.2) is 6.04 Å². The molecule has 352 valence electrons. The number of unbranched alkanes of at least 4 members (excludes halogenated alkanes) is 1. The molecule has 0 spiro atoms. The first-order valence-corrected chi connectivity index (χ1v) is 22.8. The number of carbonyl (C=O) groups is 5. The van der Waals surface area contributed by atoms with Crippen LogP contribution in [-0.4, -0.2) is 82.9 Å². The van der Waals surface area contributed by atoms with Crippen molar-refractivity contribution in [1.82, 2.24) is 15.1 Å². The van der Waals surface area contributed by atoms with Crippen molar-refractivity contribution >= 4 is 29.8 Å². The molecule has 4 amide bonds. The van der Waals surface area contributed by atoms with Crippen molar-refractivity contribution < 1.29 is 42.9 Å². The second-order valence-electron chi connectivity index (χ2n) is 16.5. The first-order valence-electron chi connectivity index (χ1n) is 22.8. The van der Waals surface area contributed by atoms with Crippen molar-refractivity contribution in [3.8, 4) is 5.75 Å². The van der Waals surface area contributed by atoms with Crippen LogP contribution in [0, 0.1) is 0 Å². The highest BCUT2D eigenvalue weighted by Gasteiger charge is 2.45. The lowest BCUT2D eigenvalue weighted by molar-refractivity contribution is -0.155. The van der Waals surface area contributed by atoms with Crippen LogP contribution < -0.4 is 21.5 Å². The van der Waals surface area contributed by atoms with Crippen molar-refractivity contribution in [2.24, 2.45) is 11.5 Å². The molecule has 5 aromatic rings. The smallest absolute Gasteiger partial charge is 0.417 e. The van der Waals surface area contributed by atoms with E-state index in [-0.39, 0.29) is 52.2 Å². The van der Waals surface area contributed by atoms with Crippen LogP contribution in [0.25, 0.3) is 0 Å². The summed E-state index contributed by atoms with van der Waals surface area (Å²) in [5, 5.41) is 2.79. The summed E-state index contributed by atoms with van der Waals surface area (Å²) in [5.74, 6) is -2.22. The van der Waals surface area contributed by atoms with Gasteiger partial charge in [0.25, 0.3) is 5.91 Å². The summed E-state index contributed by atoms with van der Waals surface area (Å²) < 4.78 is 23.5. The molecule has 0 saturated carbocycles. The summed E-state index contributed by atoms with van der Waals surface area (Å²) >= 11 is 0. The number of likely N-dealkylation sites (tertiary alicyclic amines) is 1. The number of nitrogens with two attached hydrogens (primary N) is 2. The van der Waals surface area contributed by atoms with Gasteiger partial charge in [-0.15, -0.1) is 0 Å². The third-order valence-electron chi connectivity index (χ3n) is 11.6. The first kappa shape index (κ1) is 49.6. The van der Waals surface area contributed by atoms with E-state index < -0.39 is 60.1 Å². The van der Waals surface area contributed by atoms with E-state index in [2.05, 4.69) is 5.32 Å². The fourth-order valence-electron chi connectivity index (χ4n) is 7.82. The minimum atomic E-state index is -1.48. The van der Waals surface area contributed by atoms with E-state index in [1.807, 2.05) is 109 Å². The van der Waals surface area contributed by atoms with E-state index in [9.17, 15) is 19.2 Å². The number of esters is 1. The molecule has 5 aromatic carbocycles. The summed E-state index contributed by atoms with van der Waals surface area (Å²) in [6, 6.07) is 39.4. The average molecular weight is 912 g/mol. The van der Waals surface area contributed by atoms with Crippen LogP contribution in [-0.2, 0) is 66.2 Å². The fourth-order valence-corrected chi connectivity index (χ4v) is 7.82. The van der Waals surface area contributed by atoms with Crippen LogP contribution >= 0.6 is 0 Å². The number of carbonyl (C=O) groups excluding carboxylic acids is 5. The summed E-state index contributed by atoms with van der Waals surface area (Å²) in [7, 11) is 0. The number of ether oxygens (including phenoxy) is 4. The molecule has 1 aliphatic rings. The van der Waals surface area contributed by atoms with E-state index in [0.717, 1.165) is 27.2 Å². The van der Waals surface area contributed by atoms with Crippen LogP contribution in [0.15, 0.2) is 146 Å². The van der Waals surface area contributed by atoms with E-state index in [4.69, 9.17) is 30.4 Å². The van der Waals surface area contributed by atoms with Crippen LogP contribution in [0.4, 0.5) is 4.79 Å². The molecule has 0 bridgehead atoms. The van der Waals surface area contributed by atoms with Gasteiger partial charge in [-0.25, -0.2) is 14.5 Å². The average Bonchev–Trinajstić information content (AvgIpc) is 3.86. The number of benzene rings is 5. The molecule has 5 N–H and O–H groups in total. The maximum Gasteiger partial charge on any atom is 0.417 e. The molecular formula is C53H61N5O9. The normalized spacial score (nSPS) is 15.1. The molecule has 0 aliphatic carbocycles. The number of amides is 4. The van der Waals surface area contributed by atoms with Gasteiger partial charge in [0, 0.05) is 6.54 Å². The highest BCUT2D eigenvalue weighted by atomic mass is 16.6. The maximum absolute atomic E-state index is 15.0. The lowest BCUT2D eigenvalue weighted by Crippen LogP contribution is -2.61. The molecule has 0 aromatic heterocycles. The van der Waals surface area contributed by atoms with Gasteiger partial charge in [-0.2, -0.15) is 0 Å². The number of hydrogen-bond donors (Lipinski definition) is 3. The van der Waals surface area contributed by atoms with Crippen molar-refractivity contribution in [2.45, 2.75) is 102 Å². The van der Waals surface area contributed by atoms with Gasteiger partial charge in [-0.3, -0.25) is 14.4 Å². The number of nitrogens with one attached hydrogen (secondary N) is 1. The predicted octanol–water partition coefficient (Wildman–Crippen LogP) is 6.62. The van der Waals surface area contributed by atoms with Gasteiger partial charge < -0.3 is 40.6 Å². The molecule has 14 heteroatoms. The molecule has 67 heavy (non-hydrogen) atoms. The molecule has 1 fully saturated rings. The Balaban J connectivity index is 1.23. The van der Waals surface area contributed by atoms with Crippen molar-refractivity contribution in [2.75, 3.05) is 13.1 Å². The Morgan fingerprint density at radius 2 is 1.22 bits per heavy atom. The van der Waals surface area contributed by atoms with Crippen LogP contribution in [0.5, 0.6) is 5.75 Å². The Bertz CT molecular complexity index is 2320. The number of hydrogen-bond acceptors (Lipinski definition) is 11. The monoisotopic (exact) mass is 911 g/mol. The predicted molar refractivity (Wildman–Crippen MR) is 253 cm³/mol. The zero-order valence-corrected chi connectivity index (χ0v) is 38.0. The van der Waals surface area contributed by atoms with E-state index in [1.54, 1.807) is 43.3 Å². The second-order valence-corrected chi connectivity index (χ2v) is 16.5. The topological polar surface area (TPSA) is 193 Å².